The number of phenols is 1. The molecule has 1 amide bonds. The standard InChI is InChI=1S/C25H21ClN2O5/c1-3-33-20-12-16(5-7-19(20)29)22-21(23(30)15-8-10-27-11-9-15)24(31)25(32)28(22)18-13-17(26)6-4-14(18)2/h4-13,22,29-30H,3H2,1-2H3/b23-21+. The van der Waals surface area contributed by atoms with Crippen LogP contribution in [0.3, 0.4) is 0 Å². The number of carbonyl (C=O) groups is 2. The minimum Gasteiger partial charge on any atom is -0.507 e. The fourth-order valence-electron chi connectivity index (χ4n) is 3.88. The number of aliphatic hydroxyl groups is 1. The van der Waals surface area contributed by atoms with Crippen molar-refractivity contribution in [1.29, 1.82) is 0 Å². The molecule has 0 aliphatic carbocycles. The summed E-state index contributed by atoms with van der Waals surface area (Å²) in [6, 6.07) is 11.7. The third-order valence-electron chi connectivity index (χ3n) is 5.43. The summed E-state index contributed by atoms with van der Waals surface area (Å²) in [5.74, 6) is -1.83. The lowest BCUT2D eigenvalue weighted by atomic mass is 9.95. The van der Waals surface area contributed by atoms with Crippen molar-refractivity contribution in [3.63, 3.8) is 0 Å². The van der Waals surface area contributed by atoms with Gasteiger partial charge in [-0.25, -0.2) is 0 Å². The number of rotatable bonds is 5. The molecule has 0 radical (unpaired) electrons. The molecule has 2 aromatic carbocycles. The lowest BCUT2D eigenvalue weighted by Crippen LogP contribution is -2.30. The highest BCUT2D eigenvalue weighted by atomic mass is 35.5. The van der Waals surface area contributed by atoms with E-state index in [-0.39, 0.29) is 22.8 Å². The van der Waals surface area contributed by atoms with Crippen LogP contribution in [0.15, 0.2) is 66.5 Å². The van der Waals surface area contributed by atoms with Crippen molar-refractivity contribution >= 4 is 34.7 Å². The number of aryl methyl sites for hydroxylation is 1. The quantitative estimate of drug-likeness (QED) is 0.320. The predicted molar refractivity (Wildman–Crippen MR) is 124 cm³/mol. The summed E-state index contributed by atoms with van der Waals surface area (Å²) < 4.78 is 5.51. The number of benzene rings is 2. The van der Waals surface area contributed by atoms with Crippen molar-refractivity contribution in [3.05, 3.63) is 88.2 Å². The number of Topliss-reactive ketones (excluding diaryl/α,β-unsaturated/α-hetero) is 1. The van der Waals surface area contributed by atoms with Crippen molar-refractivity contribution in [2.75, 3.05) is 11.5 Å². The molecule has 4 rings (SSSR count). The zero-order valence-electron chi connectivity index (χ0n) is 17.9. The molecule has 168 valence electrons. The number of halogens is 1. The third-order valence-corrected chi connectivity index (χ3v) is 5.66. The molecule has 1 fully saturated rings. The van der Waals surface area contributed by atoms with Crippen molar-refractivity contribution in [2.45, 2.75) is 19.9 Å². The van der Waals surface area contributed by atoms with E-state index in [9.17, 15) is 19.8 Å². The minimum absolute atomic E-state index is 0.0781. The van der Waals surface area contributed by atoms with Gasteiger partial charge in [0.25, 0.3) is 11.7 Å². The van der Waals surface area contributed by atoms with Gasteiger partial charge in [0.2, 0.25) is 0 Å². The number of ether oxygens (including phenoxy) is 1. The van der Waals surface area contributed by atoms with E-state index < -0.39 is 17.7 Å². The number of anilines is 1. The average Bonchev–Trinajstić information content (AvgIpc) is 3.07. The van der Waals surface area contributed by atoms with Gasteiger partial charge in [0, 0.05) is 28.7 Å². The molecule has 8 heteroatoms. The molecule has 2 N–H and O–H groups in total. The summed E-state index contributed by atoms with van der Waals surface area (Å²) in [6.07, 6.45) is 2.96. The van der Waals surface area contributed by atoms with Crippen molar-refractivity contribution in [2.24, 2.45) is 0 Å². The van der Waals surface area contributed by atoms with Crippen LogP contribution in [0.25, 0.3) is 5.76 Å². The Kier molecular flexibility index (Phi) is 6.07. The third kappa shape index (κ3) is 4.03. The van der Waals surface area contributed by atoms with Crippen LogP contribution < -0.4 is 9.64 Å². The first-order valence-electron chi connectivity index (χ1n) is 10.3. The van der Waals surface area contributed by atoms with Crippen LogP contribution in [-0.4, -0.2) is 33.5 Å². The first-order valence-corrected chi connectivity index (χ1v) is 10.6. The highest BCUT2D eigenvalue weighted by Gasteiger charge is 2.47. The van der Waals surface area contributed by atoms with Gasteiger partial charge in [-0.2, -0.15) is 0 Å². The van der Waals surface area contributed by atoms with Crippen LogP contribution in [0.5, 0.6) is 11.5 Å². The largest absolute Gasteiger partial charge is 0.507 e. The summed E-state index contributed by atoms with van der Waals surface area (Å²) in [4.78, 5) is 31.7. The monoisotopic (exact) mass is 464 g/mol. The first kappa shape index (κ1) is 22.4. The number of ketones is 1. The van der Waals surface area contributed by atoms with E-state index in [0.29, 0.717) is 28.4 Å². The SMILES string of the molecule is CCOc1cc(C2/C(=C(\O)c3ccncc3)C(=O)C(=O)N2c2cc(Cl)ccc2C)ccc1O. The van der Waals surface area contributed by atoms with E-state index in [1.54, 1.807) is 56.3 Å². The fraction of sp³-hybridized carbons (Fsp3) is 0.160. The molecule has 1 aliphatic rings. The van der Waals surface area contributed by atoms with Gasteiger partial charge in [0.05, 0.1) is 18.2 Å². The van der Waals surface area contributed by atoms with Crippen LogP contribution in [-0.2, 0) is 9.59 Å². The van der Waals surface area contributed by atoms with E-state index >= 15 is 0 Å². The molecule has 2 heterocycles. The Hall–Kier alpha value is -3.84. The molecule has 3 aromatic rings. The maximum atomic E-state index is 13.3. The lowest BCUT2D eigenvalue weighted by molar-refractivity contribution is -0.132. The maximum Gasteiger partial charge on any atom is 0.300 e. The molecule has 1 saturated heterocycles. The smallest absolute Gasteiger partial charge is 0.300 e. The Morgan fingerprint density at radius 1 is 1.12 bits per heavy atom. The average molecular weight is 465 g/mol. The van der Waals surface area contributed by atoms with E-state index in [2.05, 4.69) is 4.98 Å². The van der Waals surface area contributed by atoms with Crippen LogP contribution in [0.2, 0.25) is 5.02 Å². The van der Waals surface area contributed by atoms with Crippen LogP contribution >= 0.6 is 11.6 Å². The summed E-state index contributed by atoms with van der Waals surface area (Å²) in [5, 5.41) is 21.7. The van der Waals surface area contributed by atoms with Gasteiger partial charge in [-0.3, -0.25) is 19.5 Å². The molecular weight excluding hydrogens is 444 g/mol. The lowest BCUT2D eigenvalue weighted by Gasteiger charge is -2.27. The number of carbonyl (C=O) groups excluding carboxylic acids is 2. The molecule has 33 heavy (non-hydrogen) atoms. The van der Waals surface area contributed by atoms with E-state index in [1.807, 2.05) is 0 Å². The number of aromatic hydroxyl groups is 1. The molecule has 7 nitrogen and oxygen atoms in total. The Bertz CT molecular complexity index is 1270. The Morgan fingerprint density at radius 3 is 2.55 bits per heavy atom. The van der Waals surface area contributed by atoms with Gasteiger partial charge in [-0.05, 0) is 61.4 Å². The number of nitrogens with zero attached hydrogens (tertiary/aromatic N) is 2. The van der Waals surface area contributed by atoms with Gasteiger partial charge in [-0.15, -0.1) is 0 Å². The minimum atomic E-state index is -0.977. The normalized spacial score (nSPS) is 17.4. The van der Waals surface area contributed by atoms with E-state index in [4.69, 9.17) is 16.3 Å². The molecule has 0 bridgehead atoms. The maximum absolute atomic E-state index is 13.3. The van der Waals surface area contributed by atoms with Gasteiger partial charge in [0.15, 0.2) is 11.5 Å². The van der Waals surface area contributed by atoms with Crippen LogP contribution in [0.4, 0.5) is 5.69 Å². The second-order valence-corrected chi connectivity index (χ2v) is 7.93. The molecule has 1 unspecified atom stereocenters. The van der Waals surface area contributed by atoms with Gasteiger partial charge in [0.1, 0.15) is 5.76 Å². The zero-order chi connectivity index (χ0) is 23.7. The van der Waals surface area contributed by atoms with E-state index in [1.165, 1.54) is 23.4 Å². The topological polar surface area (TPSA) is 100.0 Å². The highest BCUT2D eigenvalue weighted by Crippen LogP contribution is 2.45. The summed E-state index contributed by atoms with van der Waals surface area (Å²) in [5.41, 5.74) is 1.90. The second kappa shape index (κ2) is 8.96. The number of aliphatic hydroxyl groups excluding tert-OH is 1. The number of phenolic OH excluding ortho intramolecular Hbond substituents is 1. The fourth-order valence-corrected chi connectivity index (χ4v) is 4.04. The Labute approximate surface area is 195 Å². The summed E-state index contributed by atoms with van der Waals surface area (Å²) >= 11 is 6.21. The zero-order valence-corrected chi connectivity index (χ0v) is 18.7. The number of hydrogen-bond donors (Lipinski definition) is 2. The van der Waals surface area contributed by atoms with E-state index in [0.717, 1.165) is 5.56 Å². The van der Waals surface area contributed by atoms with Crippen LogP contribution in [0, 0.1) is 6.92 Å². The van der Waals surface area contributed by atoms with Crippen molar-refractivity contribution in [3.8, 4) is 11.5 Å². The van der Waals surface area contributed by atoms with Gasteiger partial charge in [-0.1, -0.05) is 23.7 Å². The Balaban J connectivity index is 1.99. The van der Waals surface area contributed by atoms with Gasteiger partial charge >= 0.3 is 0 Å². The second-order valence-electron chi connectivity index (χ2n) is 7.50. The molecule has 1 atom stereocenters. The first-order chi connectivity index (χ1) is 15.8. The number of hydrogen-bond acceptors (Lipinski definition) is 6. The molecule has 0 saturated carbocycles. The Morgan fingerprint density at radius 2 is 1.85 bits per heavy atom. The van der Waals surface area contributed by atoms with Crippen molar-refractivity contribution < 1.29 is 24.5 Å². The number of aromatic nitrogens is 1. The summed E-state index contributed by atoms with van der Waals surface area (Å²) in [7, 11) is 0. The predicted octanol–water partition coefficient (Wildman–Crippen LogP) is 4.77. The molecule has 1 aliphatic heterocycles. The molecule has 0 spiro atoms. The highest BCUT2D eigenvalue weighted by molar-refractivity contribution is 6.52. The molecular formula is C25H21ClN2O5. The summed E-state index contributed by atoms with van der Waals surface area (Å²) in [6.45, 7) is 3.88. The van der Waals surface area contributed by atoms with Crippen LogP contribution in [0.1, 0.15) is 29.7 Å². The molecule has 1 aromatic heterocycles. The number of pyridine rings is 1. The van der Waals surface area contributed by atoms with Crippen molar-refractivity contribution in [1.82, 2.24) is 4.98 Å². The number of amides is 1. The van der Waals surface area contributed by atoms with Gasteiger partial charge < -0.3 is 14.9 Å².